The standard InChI is InChI=1S/C21H15NOS/c23-24-20(17-12-6-2-7-13-17)19(16-10-4-1-5-11-16)22-21(24)18-14-8-3-9-15-18/h1-15H. The van der Waals surface area contributed by atoms with Gasteiger partial charge in [0.2, 0.25) is 0 Å². The summed E-state index contributed by atoms with van der Waals surface area (Å²) in [6, 6.07) is 29.5. The minimum atomic E-state index is -1.30. The maximum Gasteiger partial charge on any atom is 0.140 e. The molecule has 3 aromatic carbocycles. The van der Waals surface area contributed by atoms with Gasteiger partial charge in [-0.15, -0.1) is 0 Å². The van der Waals surface area contributed by atoms with Crippen molar-refractivity contribution < 1.29 is 4.21 Å². The molecule has 4 rings (SSSR count). The van der Waals surface area contributed by atoms with Gasteiger partial charge in [-0.25, -0.2) is 9.20 Å². The quantitative estimate of drug-likeness (QED) is 0.683. The van der Waals surface area contributed by atoms with E-state index in [0.29, 0.717) is 5.04 Å². The molecular weight excluding hydrogens is 314 g/mol. The number of benzene rings is 3. The predicted octanol–water partition coefficient (Wildman–Crippen LogP) is 4.72. The van der Waals surface area contributed by atoms with Gasteiger partial charge in [-0.2, -0.15) is 0 Å². The zero-order chi connectivity index (χ0) is 16.4. The van der Waals surface area contributed by atoms with Crippen molar-refractivity contribution in [3.05, 3.63) is 108 Å². The highest BCUT2D eigenvalue weighted by molar-refractivity contribution is 8.10. The monoisotopic (exact) mass is 329 g/mol. The average molecular weight is 329 g/mol. The van der Waals surface area contributed by atoms with E-state index in [1.807, 2.05) is 91.0 Å². The Morgan fingerprint density at radius 1 is 0.583 bits per heavy atom. The third-order valence-electron chi connectivity index (χ3n) is 3.89. The van der Waals surface area contributed by atoms with Crippen molar-refractivity contribution in [1.29, 1.82) is 0 Å². The summed E-state index contributed by atoms with van der Waals surface area (Å²) in [5.41, 5.74) is 3.62. The van der Waals surface area contributed by atoms with Gasteiger partial charge in [0.1, 0.15) is 15.8 Å². The van der Waals surface area contributed by atoms with Crippen molar-refractivity contribution in [1.82, 2.24) is 0 Å². The van der Waals surface area contributed by atoms with E-state index >= 15 is 0 Å². The second-order valence-electron chi connectivity index (χ2n) is 5.46. The molecule has 3 aromatic rings. The Morgan fingerprint density at radius 3 is 1.58 bits per heavy atom. The highest BCUT2D eigenvalue weighted by Crippen LogP contribution is 2.37. The Morgan fingerprint density at radius 2 is 1.04 bits per heavy atom. The van der Waals surface area contributed by atoms with Crippen LogP contribution in [0, 0.1) is 0 Å². The highest BCUT2D eigenvalue weighted by atomic mass is 32.2. The van der Waals surface area contributed by atoms with E-state index in [0.717, 1.165) is 27.3 Å². The Kier molecular flexibility index (Phi) is 3.93. The molecular formula is C21H15NOS. The SMILES string of the molecule is O=S1C(c2ccccc2)=NC(c2ccccc2)=C1c1ccccc1. The Balaban J connectivity index is 1.90. The molecule has 0 fully saturated rings. The summed E-state index contributed by atoms with van der Waals surface area (Å²) in [6.45, 7) is 0. The number of hydrogen-bond acceptors (Lipinski definition) is 2. The van der Waals surface area contributed by atoms with Gasteiger partial charge < -0.3 is 0 Å². The van der Waals surface area contributed by atoms with Crippen molar-refractivity contribution in [3.63, 3.8) is 0 Å². The van der Waals surface area contributed by atoms with Crippen LogP contribution >= 0.6 is 0 Å². The normalized spacial score (nSPS) is 17.0. The van der Waals surface area contributed by atoms with Crippen LogP contribution in [0.25, 0.3) is 10.6 Å². The summed E-state index contributed by atoms with van der Waals surface area (Å²) in [5.74, 6) is 0. The first-order valence-electron chi connectivity index (χ1n) is 7.75. The van der Waals surface area contributed by atoms with Gasteiger partial charge in [-0.05, 0) is 5.56 Å². The van der Waals surface area contributed by atoms with E-state index in [1.165, 1.54) is 0 Å². The molecule has 3 heteroatoms. The van der Waals surface area contributed by atoms with Crippen LogP contribution in [0.5, 0.6) is 0 Å². The van der Waals surface area contributed by atoms with E-state index in [-0.39, 0.29) is 0 Å². The van der Waals surface area contributed by atoms with E-state index < -0.39 is 10.8 Å². The fourth-order valence-corrected chi connectivity index (χ4v) is 4.16. The highest BCUT2D eigenvalue weighted by Gasteiger charge is 2.29. The first-order valence-corrected chi connectivity index (χ1v) is 8.90. The molecule has 0 radical (unpaired) electrons. The number of aliphatic imine (C=N–C) groups is 1. The number of hydrogen-bond donors (Lipinski definition) is 0. The van der Waals surface area contributed by atoms with Crippen LogP contribution in [0.2, 0.25) is 0 Å². The second kappa shape index (κ2) is 6.38. The third-order valence-corrected chi connectivity index (χ3v) is 5.37. The third kappa shape index (κ3) is 2.63. The van der Waals surface area contributed by atoms with Crippen LogP contribution in [0.3, 0.4) is 0 Å². The van der Waals surface area contributed by atoms with Gasteiger partial charge in [0.05, 0.1) is 10.6 Å². The molecule has 24 heavy (non-hydrogen) atoms. The Labute approximate surface area is 143 Å². The summed E-state index contributed by atoms with van der Waals surface area (Å²) in [4.78, 5) is 5.54. The summed E-state index contributed by atoms with van der Waals surface area (Å²) in [5, 5.41) is 0.619. The molecule has 1 aliphatic rings. The van der Waals surface area contributed by atoms with Gasteiger partial charge in [0.15, 0.2) is 0 Å². The fraction of sp³-hybridized carbons (Fsp3) is 0. The molecule has 0 saturated heterocycles. The topological polar surface area (TPSA) is 29.4 Å². The zero-order valence-corrected chi connectivity index (χ0v) is 13.7. The molecule has 0 amide bonds. The summed E-state index contributed by atoms with van der Waals surface area (Å²) >= 11 is 0. The first kappa shape index (κ1) is 14.8. The van der Waals surface area contributed by atoms with Crippen LogP contribution < -0.4 is 0 Å². The zero-order valence-electron chi connectivity index (χ0n) is 12.9. The maximum absolute atomic E-state index is 13.2. The van der Waals surface area contributed by atoms with E-state index in [9.17, 15) is 4.21 Å². The molecule has 1 heterocycles. The molecule has 1 unspecified atom stereocenters. The van der Waals surface area contributed by atoms with Crippen LogP contribution in [-0.2, 0) is 10.8 Å². The molecule has 0 spiro atoms. The van der Waals surface area contributed by atoms with Crippen molar-refractivity contribution >= 4 is 26.4 Å². The number of rotatable bonds is 3. The summed E-state index contributed by atoms with van der Waals surface area (Å²) in [6.07, 6.45) is 0. The van der Waals surface area contributed by atoms with E-state index in [2.05, 4.69) is 0 Å². The molecule has 0 bridgehead atoms. The van der Waals surface area contributed by atoms with Crippen molar-refractivity contribution in [2.24, 2.45) is 4.99 Å². The molecule has 0 aromatic heterocycles. The summed E-state index contributed by atoms with van der Waals surface area (Å²) < 4.78 is 13.2. The van der Waals surface area contributed by atoms with E-state index in [4.69, 9.17) is 4.99 Å². The van der Waals surface area contributed by atoms with Gasteiger partial charge in [-0.1, -0.05) is 91.0 Å². The lowest BCUT2D eigenvalue weighted by molar-refractivity contribution is 0.695. The summed E-state index contributed by atoms with van der Waals surface area (Å²) in [7, 11) is -1.30. The van der Waals surface area contributed by atoms with Crippen LogP contribution in [0.1, 0.15) is 16.7 Å². The van der Waals surface area contributed by atoms with Crippen LogP contribution in [0.4, 0.5) is 0 Å². The van der Waals surface area contributed by atoms with Crippen molar-refractivity contribution in [3.8, 4) is 0 Å². The molecule has 1 aliphatic heterocycles. The largest absolute Gasteiger partial charge is 0.247 e. The van der Waals surface area contributed by atoms with Crippen LogP contribution in [0.15, 0.2) is 96.0 Å². The minimum absolute atomic E-state index is 0.619. The lowest BCUT2D eigenvalue weighted by Gasteiger charge is -2.06. The van der Waals surface area contributed by atoms with Crippen molar-refractivity contribution in [2.45, 2.75) is 0 Å². The second-order valence-corrected chi connectivity index (χ2v) is 6.79. The first-order chi connectivity index (χ1) is 11.8. The Hall–Kier alpha value is -2.78. The average Bonchev–Trinajstić information content (AvgIpc) is 3.01. The lowest BCUT2D eigenvalue weighted by Crippen LogP contribution is -2.06. The van der Waals surface area contributed by atoms with Crippen LogP contribution in [-0.4, -0.2) is 9.25 Å². The molecule has 116 valence electrons. The number of nitrogens with zero attached hydrogens (tertiary/aromatic N) is 1. The smallest absolute Gasteiger partial charge is 0.140 e. The van der Waals surface area contributed by atoms with Crippen molar-refractivity contribution in [2.75, 3.05) is 0 Å². The van der Waals surface area contributed by atoms with Gasteiger partial charge in [0, 0.05) is 11.1 Å². The fourth-order valence-electron chi connectivity index (χ4n) is 2.76. The molecule has 0 N–H and O–H groups in total. The van der Waals surface area contributed by atoms with Gasteiger partial charge in [-0.3, -0.25) is 0 Å². The van der Waals surface area contributed by atoms with Gasteiger partial charge >= 0.3 is 0 Å². The molecule has 2 nitrogen and oxygen atoms in total. The molecule has 1 atom stereocenters. The predicted molar refractivity (Wildman–Crippen MR) is 101 cm³/mol. The van der Waals surface area contributed by atoms with E-state index in [1.54, 1.807) is 0 Å². The lowest BCUT2D eigenvalue weighted by atomic mass is 10.1. The van der Waals surface area contributed by atoms with Gasteiger partial charge in [0.25, 0.3) is 0 Å². The molecule has 0 aliphatic carbocycles. The minimum Gasteiger partial charge on any atom is -0.247 e. The Bertz CT molecular complexity index is 945. The molecule has 0 saturated carbocycles. The maximum atomic E-state index is 13.2.